The first-order chi connectivity index (χ1) is 18.1. The summed E-state index contributed by atoms with van der Waals surface area (Å²) in [4.78, 5) is 12.6. The number of benzene rings is 3. The Balaban J connectivity index is 1.37. The summed E-state index contributed by atoms with van der Waals surface area (Å²) in [6.45, 7) is 4.25. The van der Waals surface area contributed by atoms with Gasteiger partial charge in [0.15, 0.2) is 0 Å². The number of aromatic nitrogens is 1. The molecule has 38 heavy (non-hydrogen) atoms. The van der Waals surface area contributed by atoms with Crippen LogP contribution in [0.4, 0.5) is 18.9 Å². The lowest BCUT2D eigenvalue weighted by atomic mass is 10.0. The number of alkyl halides is 3. The van der Waals surface area contributed by atoms with Gasteiger partial charge in [-0.25, -0.2) is 0 Å². The minimum absolute atomic E-state index is 0.154. The third-order valence-electron chi connectivity index (χ3n) is 6.48. The number of amides is 1. The van der Waals surface area contributed by atoms with Crippen LogP contribution in [0.25, 0.3) is 17.3 Å². The minimum atomic E-state index is -4.48. The van der Waals surface area contributed by atoms with Crippen molar-refractivity contribution in [3.8, 4) is 17.5 Å². The van der Waals surface area contributed by atoms with Gasteiger partial charge in [0.1, 0.15) is 12.4 Å². The SMILES string of the molecule is Cc1cc(/C=C2/C(=O)Nc3cc(C(F)(F)F)ccc32)c(C)n1-c1ccc(OCc2ccc(C#N)cc2)cc1. The molecule has 0 saturated carbocycles. The summed E-state index contributed by atoms with van der Waals surface area (Å²) in [6, 6.07) is 22.1. The van der Waals surface area contributed by atoms with Crippen molar-refractivity contribution >= 4 is 23.2 Å². The highest BCUT2D eigenvalue weighted by Crippen LogP contribution is 2.39. The number of ether oxygens (including phenoxy) is 1. The van der Waals surface area contributed by atoms with Crippen LogP contribution < -0.4 is 10.1 Å². The van der Waals surface area contributed by atoms with E-state index < -0.39 is 17.6 Å². The lowest BCUT2D eigenvalue weighted by Gasteiger charge is -2.12. The Bertz CT molecular complexity index is 1610. The van der Waals surface area contributed by atoms with Gasteiger partial charge in [-0.1, -0.05) is 18.2 Å². The lowest BCUT2D eigenvalue weighted by Crippen LogP contribution is -2.06. The van der Waals surface area contributed by atoms with Crippen molar-refractivity contribution in [3.05, 3.63) is 112 Å². The Labute approximate surface area is 217 Å². The van der Waals surface area contributed by atoms with E-state index in [9.17, 15) is 18.0 Å². The molecule has 0 atom stereocenters. The average molecular weight is 514 g/mol. The molecule has 1 aliphatic rings. The van der Waals surface area contributed by atoms with Crippen molar-refractivity contribution in [1.29, 1.82) is 5.26 Å². The number of fused-ring (bicyclic) bond motifs is 1. The van der Waals surface area contributed by atoms with E-state index >= 15 is 0 Å². The Kier molecular flexibility index (Phi) is 6.29. The van der Waals surface area contributed by atoms with Crippen LogP contribution in [0.1, 0.15) is 39.2 Å². The van der Waals surface area contributed by atoms with Gasteiger partial charge in [0.05, 0.1) is 17.2 Å². The zero-order valence-corrected chi connectivity index (χ0v) is 20.6. The number of hydrogen-bond donors (Lipinski definition) is 1. The molecule has 3 aromatic carbocycles. The normalized spacial score (nSPS) is 13.8. The van der Waals surface area contributed by atoms with Gasteiger partial charge in [-0.05, 0) is 85.6 Å². The highest BCUT2D eigenvalue weighted by Gasteiger charge is 2.33. The molecule has 1 N–H and O–H groups in total. The van der Waals surface area contributed by atoms with E-state index in [1.807, 2.05) is 60.9 Å². The first-order valence-corrected chi connectivity index (χ1v) is 11.8. The topological polar surface area (TPSA) is 67.1 Å². The summed E-state index contributed by atoms with van der Waals surface area (Å²) in [5.74, 6) is 0.258. The predicted octanol–water partition coefficient (Wildman–Crippen LogP) is 7.06. The third kappa shape index (κ3) is 4.78. The summed E-state index contributed by atoms with van der Waals surface area (Å²) < 4.78 is 47.2. The number of nitriles is 1. The lowest BCUT2D eigenvalue weighted by molar-refractivity contribution is -0.137. The number of carbonyl (C=O) groups excluding carboxylic acids is 1. The zero-order chi connectivity index (χ0) is 27.0. The standard InChI is InChI=1S/C30H22F3N3O2/c1-18-13-22(14-27-26-12-7-23(30(31,32)33)15-28(26)35-29(27)37)19(2)36(18)24-8-10-25(11-9-24)38-17-21-5-3-20(16-34)4-6-21/h3-15H,17H2,1-2H3,(H,35,37)/b27-14+. The monoisotopic (exact) mass is 513 g/mol. The molecular formula is C30H22F3N3O2. The summed E-state index contributed by atoms with van der Waals surface area (Å²) in [6.07, 6.45) is -2.77. The van der Waals surface area contributed by atoms with Crippen molar-refractivity contribution < 1.29 is 22.7 Å². The van der Waals surface area contributed by atoms with Crippen LogP contribution in [-0.4, -0.2) is 10.5 Å². The number of hydrogen-bond acceptors (Lipinski definition) is 3. The highest BCUT2D eigenvalue weighted by molar-refractivity contribution is 6.35. The van der Waals surface area contributed by atoms with Gasteiger partial charge in [-0.3, -0.25) is 4.79 Å². The zero-order valence-electron chi connectivity index (χ0n) is 20.6. The first kappa shape index (κ1) is 24.9. The van der Waals surface area contributed by atoms with Gasteiger partial charge >= 0.3 is 6.18 Å². The summed E-state index contributed by atoms with van der Waals surface area (Å²) >= 11 is 0. The molecule has 2 heterocycles. The second-order valence-corrected chi connectivity index (χ2v) is 9.02. The summed E-state index contributed by atoms with van der Waals surface area (Å²) in [5.41, 5.74) is 5.18. The molecule has 1 aromatic heterocycles. The Morgan fingerprint density at radius 3 is 2.37 bits per heavy atom. The Morgan fingerprint density at radius 1 is 1.00 bits per heavy atom. The van der Waals surface area contributed by atoms with Crippen LogP contribution in [0.3, 0.4) is 0 Å². The van der Waals surface area contributed by atoms with Crippen LogP contribution in [0, 0.1) is 25.2 Å². The van der Waals surface area contributed by atoms with E-state index in [-0.39, 0.29) is 5.69 Å². The van der Waals surface area contributed by atoms with Crippen molar-refractivity contribution in [2.45, 2.75) is 26.6 Å². The second-order valence-electron chi connectivity index (χ2n) is 9.02. The summed E-state index contributed by atoms with van der Waals surface area (Å²) in [5, 5.41) is 11.5. The molecule has 0 saturated heterocycles. The molecule has 0 bridgehead atoms. The molecule has 0 radical (unpaired) electrons. The van der Waals surface area contributed by atoms with Gasteiger partial charge < -0.3 is 14.6 Å². The molecule has 1 amide bonds. The Hall–Kier alpha value is -4.77. The van der Waals surface area contributed by atoms with Crippen LogP contribution in [0.5, 0.6) is 5.75 Å². The fraction of sp³-hybridized carbons (Fsp3) is 0.133. The number of aryl methyl sites for hydroxylation is 1. The van der Waals surface area contributed by atoms with Gasteiger partial charge in [-0.15, -0.1) is 0 Å². The fourth-order valence-corrected chi connectivity index (χ4v) is 4.53. The quantitative estimate of drug-likeness (QED) is 0.291. The van der Waals surface area contributed by atoms with Crippen LogP contribution >= 0.6 is 0 Å². The van der Waals surface area contributed by atoms with Crippen molar-refractivity contribution in [2.75, 3.05) is 5.32 Å². The Morgan fingerprint density at radius 2 is 1.71 bits per heavy atom. The predicted molar refractivity (Wildman–Crippen MR) is 139 cm³/mol. The van der Waals surface area contributed by atoms with Crippen molar-refractivity contribution in [1.82, 2.24) is 4.57 Å². The third-order valence-corrected chi connectivity index (χ3v) is 6.48. The molecule has 0 spiro atoms. The van der Waals surface area contributed by atoms with Crippen molar-refractivity contribution in [3.63, 3.8) is 0 Å². The highest BCUT2D eigenvalue weighted by atomic mass is 19.4. The molecule has 5 nitrogen and oxygen atoms in total. The average Bonchev–Trinajstić information content (AvgIpc) is 3.36. The van der Waals surface area contributed by atoms with Gasteiger partial charge in [0.25, 0.3) is 5.91 Å². The fourth-order valence-electron chi connectivity index (χ4n) is 4.53. The van der Waals surface area contributed by atoms with Crippen LogP contribution in [-0.2, 0) is 17.6 Å². The maximum Gasteiger partial charge on any atom is 0.416 e. The molecule has 0 fully saturated rings. The maximum absolute atomic E-state index is 13.1. The van der Waals surface area contributed by atoms with E-state index in [1.54, 1.807) is 18.2 Å². The molecule has 0 aliphatic carbocycles. The van der Waals surface area contributed by atoms with E-state index in [1.165, 1.54) is 6.07 Å². The number of nitrogens with one attached hydrogen (secondary N) is 1. The molecule has 4 aromatic rings. The largest absolute Gasteiger partial charge is 0.489 e. The van der Waals surface area contributed by atoms with E-state index in [4.69, 9.17) is 10.00 Å². The van der Waals surface area contributed by atoms with E-state index in [2.05, 4.69) is 11.4 Å². The number of anilines is 1. The smallest absolute Gasteiger partial charge is 0.416 e. The van der Waals surface area contributed by atoms with Gasteiger partial charge in [0, 0.05) is 33.9 Å². The van der Waals surface area contributed by atoms with E-state index in [0.717, 1.165) is 40.3 Å². The number of nitrogens with zero attached hydrogens (tertiary/aromatic N) is 2. The van der Waals surface area contributed by atoms with Gasteiger partial charge in [-0.2, -0.15) is 18.4 Å². The van der Waals surface area contributed by atoms with Crippen LogP contribution in [0.15, 0.2) is 72.8 Å². The summed E-state index contributed by atoms with van der Waals surface area (Å²) in [7, 11) is 0. The van der Waals surface area contributed by atoms with Crippen molar-refractivity contribution in [2.24, 2.45) is 0 Å². The molecule has 5 rings (SSSR count). The number of carbonyl (C=O) groups is 1. The van der Waals surface area contributed by atoms with Gasteiger partial charge in [0.2, 0.25) is 0 Å². The molecule has 1 aliphatic heterocycles. The first-order valence-electron chi connectivity index (χ1n) is 11.8. The molecule has 0 unspecified atom stereocenters. The molecular weight excluding hydrogens is 491 g/mol. The van der Waals surface area contributed by atoms with E-state index in [0.29, 0.717) is 29.1 Å². The molecule has 8 heteroatoms. The second kappa shape index (κ2) is 9.60. The number of rotatable bonds is 5. The van der Waals surface area contributed by atoms with Crippen LogP contribution in [0.2, 0.25) is 0 Å². The molecule has 190 valence electrons. The number of halogens is 3. The maximum atomic E-state index is 13.1. The minimum Gasteiger partial charge on any atom is -0.489 e.